The van der Waals surface area contributed by atoms with Crippen LogP contribution in [0, 0.1) is 11.8 Å². The average molecular weight is 370 g/mol. The smallest absolute Gasteiger partial charge is 0.131 e. The molecule has 2 aromatic rings. The molecule has 2 rings (SSSR count). The van der Waals surface area contributed by atoms with E-state index in [1.807, 2.05) is 19.3 Å². The summed E-state index contributed by atoms with van der Waals surface area (Å²) in [5.74, 6) is 6.76. The highest BCUT2D eigenvalue weighted by atomic mass is 32.4. The first-order valence-electron chi connectivity index (χ1n) is 9.20. The molecule has 0 unspecified atom stereocenters. The van der Waals surface area contributed by atoms with Crippen molar-refractivity contribution in [1.82, 2.24) is 4.57 Å². The predicted molar refractivity (Wildman–Crippen MR) is 115 cm³/mol. The number of hydrogen-bond donors (Lipinski definition) is 0. The number of aromatic nitrogens is 1. The van der Waals surface area contributed by atoms with Gasteiger partial charge in [0, 0.05) is 23.7 Å². The SMILES string of the molecule is CC(C)[Si](Sc1ccccc1C#Cc1cccn1C)(C(C)C)C(C)C. The molecular formula is C22H31NSSi. The van der Waals surface area contributed by atoms with Crippen LogP contribution in [0.4, 0.5) is 0 Å². The van der Waals surface area contributed by atoms with Gasteiger partial charge < -0.3 is 4.57 Å². The maximum Gasteiger partial charge on any atom is 0.131 e. The minimum atomic E-state index is -1.56. The molecule has 3 heteroatoms. The number of benzene rings is 1. The summed E-state index contributed by atoms with van der Waals surface area (Å²) in [4.78, 5) is 1.35. The summed E-state index contributed by atoms with van der Waals surface area (Å²) < 4.78 is 2.07. The highest BCUT2D eigenvalue weighted by molar-refractivity contribution is 8.29. The topological polar surface area (TPSA) is 4.93 Å². The summed E-state index contributed by atoms with van der Waals surface area (Å²) in [5, 5.41) is 0. The third-order valence-electron chi connectivity index (χ3n) is 5.15. The Kier molecular flexibility index (Phi) is 6.65. The second kappa shape index (κ2) is 8.34. The van der Waals surface area contributed by atoms with Crippen molar-refractivity contribution in [3.63, 3.8) is 0 Å². The van der Waals surface area contributed by atoms with Crippen molar-refractivity contribution in [1.29, 1.82) is 0 Å². The normalized spacial score (nSPS) is 11.9. The summed E-state index contributed by atoms with van der Waals surface area (Å²) in [6, 6.07) is 12.8. The Labute approximate surface area is 158 Å². The molecule has 25 heavy (non-hydrogen) atoms. The minimum Gasteiger partial charge on any atom is -0.344 e. The number of rotatable bonds is 5. The molecule has 0 aliphatic carbocycles. The second-order valence-corrected chi connectivity index (χ2v) is 16.2. The molecule has 1 aromatic heterocycles. The van der Waals surface area contributed by atoms with Gasteiger partial charge in [-0.3, -0.25) is 0 Å². The molecule has 0 spiro atoms. The van der Waals surface area contributed by atoms with Crippen LogP contribution in [-0.4, -0.2) is 11.8 Å². The van der Waals surface area contributed by atoms with Crippen LogP contribution in [0.5, 0.6) is 0 Å². The Morgan fingerprint density at radius 3 is 1.96 bits per heavy atom. The van der Waals surface area contributed by atoms with Gasteiger partial charge in [-0.1, -0.05) is 59.6 Å². The molecule has 0 aliphatic rings. The molecule has 0 bridgehead atoms. The van der Waals surface area contributed by atoms with Crippen LogP contribution in [0.3, 0.4) is 0 Å². The van der Waals surface area contributed by atoms with E-state index in [0.717, 1.165) is 27.9 Å². The maximum absolute atomic E-state index is 3.43. The van der Waals surface area contributed by atoms with E-state index in [1.165, 1.54) is 4.90 Å². The van der Waals surface area contributed by atoms with E-state index in [4.69, 9.17) is 0 Å². The molecule has 0 amide bonds. The first-order valence-corrected chi connectivity index (χ1v) is 13.0. The summed E-state index contributed by atoms with van der Waals surface area (Å²) in [6.45, 7) is 14.5. The van der Waals surface area contributed by atoms with E-state index in [1.54, 1.807) is 0 Å². The van der Waals surface area contributed by atoms with Crippen molar-refractivity contribution in [3.05, 3.63) is 53.9 Å². The monoisotopic (exact) mass is 369 g/mol. The third-order valence-corrected chi connectivity index (χ3v) is 17.5. The van der Waals surface area contributed by atoms with Crippen LogP contribution in [0.15, 0.2) is 47.5 Å². The lowest BCUT2D eigenvalue weighted by molar-refractivity contribution is 0.851. The van der Waals surface area contributed by atoms with Crippen molar-refractivity contribution in [3.8, 4) is 11.8 Å². The molecule has 0 radical (unpaired) electrons. The highest BCUT2D eigenvalue weighted by Gasteiger charge is 2.44. The fourth-order valence-electron chi connectivity index (χ4n) is 3.93. The van der Waals surface area contributed by atoms with Gasteiger partial charge in [0.05, 0.1) is 5.69 Å². The highest BCUT2D eigenvalue weighted by Crippen LogP contribution is 2.52. The van der Waals surface area contributed by atoms with Crippen LogP contribution in [-0.2, 0) is 7.05 Å². The van der Waals surface area contributed by atoms with Crippen molar-refractivity contribution in [2.75, 3.05) is 0 Å². The third kappa shape index (κ3) is 4.24. The lowest BCUT2D eigenvalue weighted by Gasteiger charge is -2.42. The van der Waals surface area contributed by atoms with Crippen molar-refractivity contribution < 1.29 is 0 Å². The summed E-state index contributed by atoms with van der Waals surface area (Å²) in [5.41, 5.74) is 4.40. The van der Waals surface area contributed by atoms with E-state index in [-0.39, 0.29) is 0 Å². The molecule has 134 valence electrons. The van der Waals surface area contributed by atoms with Gasteiger partial charge in [-0.25, -0.2) is 0 Å². The van der Waals surface area contributed by atoms with Gasteiger partial charge in [0.25, 0.3) is 0 Å². The summed E-state index contributed by atoms with van der Waals surface area (Å²) in [6.07, 6.45) is 2.04. The molecule has 0 N–H and O–H groups in total. The molecule has 0 saturated carbocycles. The Morgan fingerprint density at radius 1 is 0.840 bits per heavy atom. The predicted octanol–water partition coefficient (Wildman–Crippen LogP) is 6.69. The van der Waals surface area contributed by atoms with Crippen LogP contribution in [0.25, 0.3) is 0 Å². The molecule has 1 heterocycles. The fraction of sp³-hybridized carbons (Fsp3) is 0.455. The van der Waals surface area contributed by atoms with Crippen LogP contribution in [0.2, 0.25) is 16.6 Å². The molecule has 0 aliphatic heterocycles. The molecule has 0 saturated heterocycles. The van der Waals surface area contributed by atoms with Crippen LogP contribution >= 0.6 is 11.2 Å². The Balaban J connectivity index is 2.44. The number of aryl methyl sites for hydroxylation is 1. The summed E-state index contributed by atoms with van der Waals surface area (Å²) in [7, 11) is 0.478. The lowest BCUT2D eigenvalue weighted by Crippen LogP contribution is -2.41. The largest absolute Gasteiger partial charge is 0.344 e. The molecular weight excluding hydrogens is 338 g/mol. The number of hydrogen-bond acceptors (Lipinski definition) is 1. The van der Waals surface area contributed by atoms with Gasteiger partial charge >= 0.3 is 0 Å². The molecule has 0 atom stereocenters. The molecule has 0 fully saturated rings. The van der Waals surface area contributed by atoms with E-state index in [9.17, 15) is 0 Å². The van der Waals surface area contributed by atoms with Crippen LogP contribution in [0.1, 0.15) is 52.8 Å². The zero-order valence-electron chi connectivity index (χ0n) is 16.6. The Bertz CT molecular complexity index is 740. The summed E-state index contributed by atoms with van der Waals surface area (Å²) >= 11 is 2.16. The zero-order chi connectivity index (χ0) is 18.6. The quantitative estimate of drug-likeness (QED) is 0.420. The van der Waals surface area contributed by atoms with Gasteiger partial charge in [0.1, 0.15) is 7.22 Å². The van der Waals surface area contributed by atoms with E-state index >= 15 is 0 Å². The Hall–Kier alpha value is -1.37. The van der Waals surface area contributed by atoms with E-state index in [0.29, 0.717) is 0 Å². The van der Waals surface area contributed by atoms with Crippen molar-refractivity contribution >= 4 is 18.4 Å². The zero-order valence-corrected chi connectivity index (χ0v) is 18.4. The first-order chi connectivity index (χ1) is 11.8. The maximum atomic E-state index is 3.43. The number of nitrogens with zero attached hydrogens (tertiary/aromatic N) is 1. The molecule has 1 aromatic carbocycles. The fourth-order valence-corrected chi connectivity index (χ4v) is 13.2. The van der Waals surface area contributed by atoms with Gasteiger partial charge in [-0.15, -0.1) is 11.2 Å². The van der Waals surface area contributed by atoms with Gasteiger partial charge in [-0.05, 0) is 46.8 Å². The van der Waals surface area contributed by atoms with E-state index in [2.05, 4.69) is 99.5 Å². The Morgan fingerprint density at radius 2 is 1.44 bits per heavy atom. The van der Waals surface area contributed by atoms with Gasteiger partial charge in [0.2, 0.25) is 0 Å². The van der Waals surface area contributed by atoms with Crippen molar-refractivity contribution in [2.24, 2.45) is 7.05 Å². The van der Waals surface area contributed by atoms with Gasteiger partial charge in [0.15, 0.2) is 0 Å². The standard InChI is InChI=1S/C22H31NSSi/c1-17(2)25(18(3)4,19(5)6)24-22-13-9-8-11-20(22)14-15-21-12-10-16-23(21)7/h8-13,16-19H,1-7H3. The minimum absolute atomic E-state index is 0.728. The lowest BCUT2D eigenvalue weighted by atomic mass is 10.2. The van der Waals surface area contributed by atoms with Gasteiger partial charge in [-0.2, -0.15) is 0 Å². The molecule has 1 nitrogen and oxygen atoms in total. The second-order valence-electron chi connectivity index (χ2n) is 7.67. The first kappa shape index (κ1) is 19.9. The average Bonchev–Trinajstić information content (AvgIpc) is 2.95. The van der Waals surface area contributed by atoms with Crippen LogP contribution < -0.4 is 0 Å². The van der Waals surface area contributed by atoms with E-state index < -0.39 is 7.22 Å². The van der Waals surface area contributed by atoms with Crippen molar-refractivity contribution in [2.45, 2.75) is 63.1 Å².